The quantitative estimate of drug-likeness (QED) is 0.869. The van der Waals surface area contributed by atoms with Gasteiger partial charge in [0.05, 0.1) is 18.2 Å². The largest absolute Gasteiger partial charge is 0.359 e. The molecule has 1 aliphatic rings. The number of benzene rings is 1. The maximum Gasteiger partial charge on any atom is 0.227 e. The van der Waals surface area contributed by atoms with Crippen LogP contribution in [0.4, 0.5) is 0 Å². The number of nitrogens with zero attached hydrogens (tertiary/aromatic N) is 2. The van der Waals surface area contributed by atoms with E-state index in [-0.39, 0.29) is 11.9 Å². The summed E-state index contributed by atoms with van der Waals surface area (Å²) in [5.41, 5.74) is 3.13. The molecular weight excluding hydrogens is 264 g/mol. The first-order chi connectivity index (χ1) is 10.1. The lowest BCUT2D eigenvalue weighted by atomic mass is 10.1. The fourth-order valence-electron chi connectivity index (χ4n) is 2.88. The molecule has 1 atom stereocenters. The van der Waals surface area contributed by atoms with E-state index in [1.807, 2.05) is 49.1 Å². The maximum atomic E-state index is 12.6. The third-order valence-corrected chi connectivity index (χ3v) is 4.02. The number of carbonyl (C=O) groups is 1. The molecule has 0 bridgehead atoms. The van der Waals surface area contributed by atoms with Crippen molar-refractivity contribution >= 4 is 5.91 Å². The van der Waals surface area contributed by atoms with Crippen LogP contribution in [-0.4, -0.2) is 22.5 Å². The Kier molecular flexibility index (Phi) is 3.78. The van der Waals surface area contributed by atoms with Crippen molar-refractivity contribution in [3.05, 3.63) is 52.9 Å². The van der Waals surface area contributed by atoms with Crippen molar-refractivity contribution in [1.29, 1.82) is 0 Å². The van der Waals surface area contributed by atoms with Gasteiger partial charge in [-0.3, -0.25) is 4.79 Å². The fraction of sp³-hybridized carbons (Fsp3) is 0.412. The smallest absolute Gasteiger partial charge is 0.227 e. The van der Waals surface area contributed by atoms with Crippen LogP contribution in [0.1, 0.15) is 41.5 Å². The first-order valence-electron chi connectivity index (χ1n) is 7.42. The van der Waals surface area contributed by atoms with Gasteiger partial charge in [-0.05, 0) is 32.3 Å². The third-order valence-electron chi connectivity index (χ3n) is 4.02. The molecule has 0 N–H and O–H groups in total. The van der Waals surface area contributed by atoms with E-state index >= 15 is 0 Å². The fourth-order valence-corrected chi connectivity index (χ4v) is 2.88. The SMILES string of the molecule is Cc1ccc(CC(=O)N2CCC[C@H]2c2cc(C)no2)cc1. The molecule has 0 radical (unpaired) electrons. The Morgan fingerprint density at radius 2 is 2.10 bits per heavy atom. The molecule has 1 aliphatic heterocycles. The van der Waals surface area contributed by atoms with E-state index in [0.717, 1.165) is 36.4 Å². The van der Waals surface area contributed by atoms with E-state index < -0.39 is 0 Å². The molecular formula is C17H20N2O2. The van der Waals surface area contributed by atoms with Crippen molar-refractivity contribution < 1.29 is 9.32 Å². The standard InChI is InChI=1S/C17H20N2O2/c1-12-5-7-14(8-6-12)11-17(20)19-9-3-4-15(19)16-10-13(2)18-21-16/h5-8,10,15H,3-4,9,11H2,1-2H3/t15-/m0/s1. The molecule has 0 saturated carbocycles. The zero-order valence-corrected chi connectivity index (χ0v) is 12.5. The monoisotopic (exact) mass is 284 g/mol. The van der Waals surface area contributed by atoms with E-state index in [4.69, 9.17) is 4.52 Å². The normalized spacial score (nSPS) is 18.2. The van der Waals surface area contributed by atoms with E-state index in [1.54, 1.807) is 0 Å². The second kappa shape index (κ2) is 5.72. The highest BCUT2D eigenvalue weighted by molar-refractivity contribution is 5.79. The second-order valence-electron chi connectivity index (χ2n) is 5.78. The minimum absolute atomic E-state index is 0.0455. The predicted octanol–water partition coefficient (Wildman–Crippen LogP) is 3.20. The molecule has 2 heterocycles. The summed E-state index contributed by atoms with van der Waals surface area (Å²) in [7, 11) is 0. The molecule has 0 unspecified atom stereocenters. The van der Waals surface area contributed by atoms with Crippen LogP contribution in [0.5, 0.6) is 0 Å². The molecule has 0 spiro atoms. The predicted molar refractivity (Wildman–Crippen MR) is 79.8 cm³/mol. The average molecular weight is 284 g/mol. The Morgan fingerprint density at radius 3 is 2.76 bits per heavy atom. The summed E-state index contributed by atoms with van der Waals surface area (Å²) < 4.78 is 5.35. The molecule has 1 amide bonds. The Hall–Kier alpha value is -2.10. The van der Waals surface area contributed by atoms with Crippen LogP contribution in [0.2, 0.25) is 0 Å². The molecule has 1 aromatic heterocycles. The number of hydrogen-bond acceptors (Lipinski definition) is 3. The number of carbonyl (C=O) groups excluding carboxylic acids is 1. The summed E-state index contributed by atoms with van der Waals surface area (Å²) in [6.07, 6.45) is 2.42. The van der Waals surface area contributed by atoms with E-state index in [1.165, 1.54) is 5.56 Å². The Morgan fingerprint density at radius 1 is 1.33 bits per heavy atom. The molecule has 3 rings (SSSR count). The Labute approximate surface area is 124 Å². The van der Waals surface area contributed by atoms with Crippen molar-refractivity contribution in [2.24, 2.45) is 0 Å². The lowest BCUT2D eigenvalue weighted by Gasteiger charge is -2.22. The molecule has 0 aliphatic carbocycles. The Bertz CT molecular complexity index is 630. The van der Waals surface area contributed by atoms with Crippen molar-refractivity contribution in [2.45, 2.75) is 39.2 Å². The summed E-state index contributed by atoms with van der Waals surface area (Å²) in [4.78, 5) is 14.5. The summed E-state index contributed by atoms with van der Waals surface area (Å²) in [5, 5.41) is 3.94. The van der Waals surface area contributed by atoms with Gasteiger partial charge in [-0.15, -0.1) is 0 Å². The van der Waals surface area contributed by atoms with E-state index in [2.05, 4.69) is 5.16 Å². The number of hydrogen-bond donors (Lipinski definition) is 0. The zero-order valence-electron chi connectivity index (χ0n) is 12.5. The summed E-state index contributed by atoms with van der Waals surface area (Å²) in [6.45, 7) is 4.75. The first-order valence-corrected chi connectivity index (χ1v) is 7.42. The van der Waals surface area contributed by atoms with Crippen LogP contribution >= 0.6 is 0 Å². The van der Waals surface area contributed by atoms with Gasteiger partial charge in [0.15, 0.2) is 5.76 Å². The van der Waals surface area contributed by atoms with E-state index in [0.29, 0.717) is 6.42 Å². The van der Waals surface area contributed by atoms with Gasteiger partial charge in [-0.25, -0.2) is 0 Å². The zero-order chi connectivity index (χ0) is 14.8. The van der Waals surface area contributed by atoms with Crippen LogP contribution in [0, 0.1) is 13.8 Å². The van der Waals surface area contributed by atoms with Gasteiger partial charge in [0.25, 0.3) is 0 Å². The molecule has 1 saturated heterocycles. The van der Waals surface area contributed by atoms with Gasteiger partial charge >= 0.3 is 0 Å². The minimum atomic E-state index is 0.0455. The molecule has 1 aromatic carbocycles. The number of rotatable bonds is 3. The maximum absolute atomic E-state index is 12.6. The second-order valence-corrected chi connectivity index (χ2v) is 5.78. The topological polar surface area (TPSA) is 46.3 Å². The number of aromatic nitrogens is 1. The highest BCUT2D eigenvalue weighted by atomic mass is 16.5. The number of likely N-dealkylation sites (tertiary alicyclic amines) is 1. The highest BCUT2D eigenvalue weighted by Crippen LogP contribution is 2.32. The summed E-state index contributed by atoms with van der Waals surface area (Å²) in [6, 6.07) is 10.1. The molecule has 4 nitrogen and oxygen atoms in total. The van der Waals surface area contributed by atoms with Crippen LogP contribution in [0.15, 0.2) is 34.9 Å². The lowest BCUT2D eigenvalue weighted by Crippen LogP contribution is -2.31. The molecule has 1 fully saturated rings. The van der Waals surface area contributed by atoms with Gasteiger partial charge in [-0.2, -0.15) is 0 Å². The summed E-state index contributed by atoms with van der Waals surface area (Å²) >= 11 is 0. The first kappa shape index (κ1) is 13.9. The number of amides is 1. The van der Waals surface area contributed by atoms with Crippen molar-refractivity contribution in [3.63, 3.8) is 0 Å². The van der Waals surface area contributed by atoms with Crippen molar-refractivity contribution in [3.8, 4) is 0 Å². The van der Waals surface area contributed by atoms with Gasteiger partial charge in [0, 0.05) is 12.6 Å². The highest BCUT2D eigenvalue weighted by Gasteiger charge is 2.32. The van der Waals surface area contributed by atoms with Crippen LogP contribution in [0.25, 0.3) is 0 Å². The van der Waals surface area contributed by atoms with Gasteiger partial charge < -0.3 is 9.42 Å². The van der Waals surface area contributed by atoms with Gasteiger partial charge in [0.2, 0.25) is 5.91 Å². The third kappa shape index (κ3) is 2.99. The lowest BCUT2D eigenvalue weighted by molar-refractivity contribution is -0.131. The molecule has 21 heavy (non-hydrogen) atoms. The molecule has 2 aromatic rings. The van der Waals surface area contributed by atoms with Crippen molar-refractivity contribution in [1.82, 2.24) is 10.1 Å². The van der Waals surface area contributed by atoms with Gasteiger partial charge in [0.1, 0.15) is 0 Å². The van der Waals surface area contributed by atoms with Crippen LogP contribution in [0.3, 0.4) is 0 Å². The van der Waals surface area contributed by atoms with Crippen molar-refractivity contribution in [2.75, 3.05) is 6.54 Å². The van der Waals surface area contributed by atoms with Gasteiger partial charge in [-0.1, -0.05) is 35.0 Å². The average Bonchev–Trinajstić information content (AvgIpc) is 3.09. The van der Waals surface area contributed by atoms with Crippen LogP contribution in [-0.2, 0) is 11.2 Å². The number of aryl methyl sites for hydroxylation is 2. The van der Waals surface area contributed by atoms with E-state index in [9.17, 15) is 4.79 Å². The molecule has 110 valence electrons. The molecule has 4 heteroatoms. The summed E-state index contributed by atoms with van der Waals surface area (Å²) in [5.74, 6) is 0.970. The van der Waals surface area contributed by atoms with Crippen LogP contribution < -0.4 is 0 Å². The minimum Gasteiger partial charge on any atom is -0.359 e. The Balaban J connectivity index is 1.72.